The Morgan fingerprint density at radius 2 is 1.70 bits per heavy atom. The molecule has 0 fully saturated rings. The molecule has 0 spiro atoms. The van der Waals surface area contributed by atoms with Gasteiger partial charge in [0.2, 0.25) is 5.91 Å². The SMILES string of the molecule is CCC(=O)N(CC(=O)c1ccccc1)c1c[nH]c2ccccc12. The number of Topliss-reactive ketones (excluding diaryl/α,β-unsaturated/α-hetero) is 1. The lowest BCUT2D eigenvalue weighted by atomic mass is 10.1. The summed E-state index contributed by atoms with van der Waals surface area (Å²) in [6.07, 6.45) is 2.14. The molecule has 3 rings (SSSR count). The van der Waals surface area contributed by atoms with Crippen LogP contribution in [0.5, 0.6) is 0 Å². The highest BCUT2D eigenvalue weighted by molar-refractivity contribution is 6.09. The third-order valence-electron chi connectivity index (χ3n) is 3.86. The Bertz CT molecular complexity index is 837. The van der Waals surface area contributed by atoms with Crippen LogP contribution in [0.25, 0.3) is 10.9 Å². The maximum Gasteiger partial charge on any atom is 0.227 e. The summed E-state index contributed by atoms with van der Waals surface area (Å²) in [6, 6.07) is 16.8. The third-order valence-corrected chi connectivity index (χ3v) is 3.86. The number of hydrogen-bond acceptors (Lipinski definition) is 2. The van der Waals surface area contributed by atoms with E-state index in [2.05, 4.69) is 4.98 Å². The molecule has 1 N–H and O–H groups in total. The van der Waals surface area contributed by atoms with Crippen LogP contribution >= 0.6 is 0 Å². The van der Waals surface area contributed by atoms with Crippen LogP contribution in [0.4, 0.5) is 5.69 Å². The fraction of sp³-hybridized carbons (Fsp3) is 0.158. The van der Waals surface area contributed by atoms with Gasteiger partial charge in [-0.3, -0.25) is 9.59 Å². The van der Waals surface area contributed by atoms with Gasteiger partial charge in [-0.1, -0.05) is 55.5 Å². The average molecular weight is 306 g/mol. The molecular weight excluding hydrogens is 288 g/mol. The van der Waals surface area contributed by atoms with Gasteiger partial charge in [-0.15, -0.1) is 0 Å². The molecule has 1 amide bonds. The number of hydrogen-bond donors (Lipinski definition) is 1. The number of benzene rings is 2. The van der Waals surface area contributed by atoms with Crippen LogP contribution in [-0.4, -0.2) is 23.2 Å². The zero-order valence-electron chi connectivity index (χ0n) is 13.0. The number of para-hydroxylation sites is 1. The molecular formula is C19H18N2O2. The second kappa shape index (κ2) is 6.48. The Labute approximate surface area is 134 Å². The number of aromatic nitrogens is 1. The largest absolute Gasteiger partial charge is 0.359 e. The quantitative estimate of drug-likeness (QED) is 0.729. The number of carbonyl (C=O) groups is 2. The minimum Gasteiger partial charge on any atom is -0.359 e. The average Bonchev–Trinajstić information content (AvgIpc) is 3.03. The molecule has 0 unspecified atom stereocenters. The highest BCUT2D eigenvalue weighted by Gasteiger charge is 2.21. The Morgan fingerprint density at radius 3 is 2.43 bits per heavy atom. The molecule has 1 aromatic heterocycles. The highest BCUT2D eigenvalue weighted by atomic mass is 16.2. The van der Waals surface area contributed by atoms with Crippen LogP contribution in [0.1, 0.15) is 23.7 Å². The van der Waals surface area contributed by atoms with Crippen LogP contribution in [0.2, 0.25) is 0 Å². The molecule has 0 saturated heterocycles. The fourth-order valence-corrected chi connectivity index (χ4v) is 2.64. The second-order valence-electron chi connectivity index (χ2n) is 5.34. The minimum atomic E-state index is -0.0716. The Morgan fingerprint density at radius 1 is 1.00 bits per heavy atom. The molecule has 0 aliphatic heterocycles. The first-order chi connectivity index (χ1) is 11.2. The maximum atomic E-state index is 12.5. The van der Waals surface area contributed by atoms with E-state index in [1.54, 1.807) is 30.2 Å². The summed E-state index contributed by atoms with van der Waals surface area (Å²) in [4.78, 5) is 29.6. The van der Waals surface area contributed by atoms with Crippen LogP contribution in [0.15, 0.2) is 60.8 Å². The molecule has 3 aromatic rings. The summed E-state index contributed by atoms with van der Waals surface area (Å²) >= 11 is 0. The first-order valence-corrected chi connectivity index (χ1v) is 7.65. The van der Waals surface area contributed by atoms with E-state index in [-0.39, 0.29) is 18.2 Å². The highest BCUT2D eigenvalue weighted by Crippen LogP contribution is 2.27. The molecule has 4 nitrogen and oxygen atoms in total. The van der Waals surface area contributed by atoms with Gasteiger partial charge >= 0.3 is 0 Å². The molecule has 0 atom stereocenters. The normalized spacial score (nSPS) is 10.7. The summed E-state index contributed by atoms with van der Waals surface area (Å²) in [5.41, 5.74) is 2.31. The fourth-order valence-electron chi connectivity index (χ4n) is 2.64. The van der Waals surface area contributed by atoms with E-state index < -0.39 is 0 Å². The summed E-state index contributed by atoms with van der Waals surface area (Å²) < 4.78 is 0. The van der Waals surface area contributed by atoms with Gasteiger partial charge in [-0.05, 0) is 6.07 Å². The predicted molar refractivity (Wildman–Crippen MR) is 91.7 cm³/mol. The van der Waals surface area contributed by atoms with E-state index >= 15 is 0 Å². The predicted octanol–water partition coefficient (Wildman–Crippen LogP) is 3.79. The molecule has 2 aromatic carbocycles. The lowest BCUT2D eigenvalue weighted by molar-refractivity contribution is -0.118. The zero-order chi connectivity index (χ0) is 16.2. The van der Waals surface area contributed by atoms with Crippen molar-refractivity contribution in [3.8, 4) is 0 Å². The number of carbonyl (C=O) groups excluding carboxylic acids is 2. The van der Waals surface area contributed by atoms with Gasteiger partial charge in [0, 0.05) is 29.1 Å². The smallest absolute Gasteiger partial charge is 0.227 e. The third kappa shape index (κ3) is 3.01. The van der Waals surface area contributed by atoms with Crippen molar-refractivity contribution < 1.29 is 9.59 Å². The standard InChI is InChI=1S/C19H18N2O2/c1-2-19(23)21(13-18(22)14-8-4-3-5-9-14)17-12-20-16-11-7-6-10-15(16)17/h3-12,20H,2,13H2,1H3. The van der Waals surface area contributed by atoms with Gasteiger partial charge in [0.05, 0.1) is 12.2 Å². The number of nitrogens with one attached hydrogen (secondary N) is 1. The van der Waals surface area contributed by atoms with E-state index in [0.29, 0.717) is 12.0 Å². The molecule has 0 aliphatic carbocycles. The first kappa shape index (κ1) is 15.0. The van der Waals surface area contributed by atoms with Crippen molar-refractivity contribution in [3.63, 3.8) is 0 Å². The second-order valence-corrected chi connectivity index (χ2v) is 5.34. The Balaban J connectivity index is 1.96. The Kier molecular flexibility index (Phi) is 4.24. The van der Waals surface area contributed by atoms with Crippen LogP contribution < -0.4 is 4.90 Å². The molecule has 23 heavy (non-hydrogen) atoms. The van der Waals surface area contributed by atoms with Gasteiger partial charge < -0.3 is 9.88 Å². The van der Waals surface area contributed by atoms with Crippen molar-refractivity contribution in [2.24, 2.45) is 0 Å². The molecule has 1 heterocycles. The Hall–Kier alpha value is -2.88. The van der Waals surface area contributed by atoms with Crippen molar-refractivity contribution in [2.75, 3.05) is 11.4 Å². The molecule has 0 radical (unpaired) electrons. The van der Waals surface area contributed by atoms with Crippen molar-refractivity contribution >= 4 is 28.3 Å². The molecule has 4 heteroatoms. The lowest BCUT2D eigenvalue weighted by Gasteiger charge is -2.21. The van der Waals surface area contributed by atoms with E-state index in [9.17, 15) is 9.59 Å². The topological polar surface area (TPSA) is 53.2 Å². The number of nitrogens with zero attached hydrogens (tertiary/aromatic N) is 1. The lowest BCUT2D eigenvalue weighted by Crippen LogP contribution is -2.35. The molecule has 116 valence electrons. The maximum absolute atomic E-state index is 12.5. The van der Waals surface area contributed by atoms with Gasteiger partial charge in [0.15, 0.2) is 5.78 Å². The van der Waals surface area contributed by atoms with Crippen molar-refractivity contribution in [1.29, 1.82) is 0 Å². The van der Waals surface area contributed by atoms with E-state index in [1.807, 2.05) is 42.5 Å². The van der Waals surface area contributed by atoms with Gasteiger partial charge in [-0.2, -0.15) is 0 Å². The number of amides is 1. The van der Waals surface area contributed by atoms with Crippen LogP contribution in [-0.2, 0) is 4.79 Å². The molecule has 0 aliphatic rings. The zero-order valence-corrected chi connectivity index (χ0v) is 13.0. The van der Waals surface area contributed by atoms with Crippen LogP contribution in [0, 0.1) is 0 Å². The summed E-state index contributed by atoms with van der Waals surface area (Å²) in [5.74, 6) is -0.142. The van der Waals surface area contributed by atoms with Crippen molar-refractivity contribution in [3.05, 3.63) is 66.4 Å². The van der Waals surface area contributed by atoms with E-state index in [4.69, 9.17) is 0 Å². The molecule has 0 saturated carbocycles. The molecule has 0 bridgehead atoms. The number of H-pyrrole nitrogens is 1. The van der Waals surface area contributed by atoms with E-state index in [0.717, 1.165) is 16.6 Å². The van der Waals surface area contributed by atoms with Crippen molar-refractivity contribution in [1.82, 2.24) is 4.98 Å². The number of fused-ring (bicyclic) bond motifs is 1. The number of ketones is 1. The summed E-state index contributed by atoms with van der Waals surface area (Å²) in [5, 5.41) is 0.940. The summed E-state index contributed by atoms with van der Waals surface area (Å²) in [6.45, 7) is 1.84. The van der Waals surface area contributed by atoms with Gasteiger partial charge in [-0.25, -0.2) is 0 Å². The monoisotopic (exact) mass is 306 g/mol. The van der Waals surface area contributed by atoms with E-state index in [1.165, 1.54) is 0 Å². The van der Waals surface area contributed by atoms with Gasteiger partial charge in [0.1, 0.15) is 0 Å². The first-order valence-electron chi connectivity index (χ1n) is 7.65. The van der Waals surface area contributed by atoms with Crippen molar-refractivity contribution in [2.45, 2.75) is 13.3 Å². The number of aromatic amines is 1. The number of rotatable bonds is 5. The van der Waals surface area contributed by atoms with Crippen LogP contribution in [0.3, 0.4) is 0 Å². The number of anilines is 1. The van der Waals surface area contributed by atoms with Gasteiger partial charge in [0.25, 0.3) is 0 Å². The minimum absolute atomic E-state index is 0.0402. The summed E-state index contributed by atoms with van der Waals surface area (Å²) in [7, 11) is 0.